The van der Waals surface area contributed by atoms with Crippen LogP contribution in [0.4, 0.5) is 4.39 Å². The second-order valence-corrected chi connectivity index (χ2v) is 8.10. The Morgan fingerprint density at radius 1 is 0.971 bits per heavy atom. The Hall–Kier alpha value is -4.52. The van der Waals surface area contributed by atoms with E-state index in [9.17, 15) is 9.18 Å². The van der Waals surface area contributed by atoms with Gasteiger partial charge in [0.25, 0.3) is 5.91 Å². The molecule has 3 aromatic carbocycles. The van der Waals surface area contributed by atoms with E-state index < -0.39 is 0 Å². The minimum absolute atomic E-state index is 0.210. The summed E-state index contributed by atoms with van der Waals surface area (Å²) in [5, 5.41) is 8.41. The second kappa shape index (κ2) is 9.77. The summed E-state index contributed by atoms with van der Waals surface area (Å²) in [5.74, 6) is -0.358. The number of fused-ring (bicyclic) bond motifs is 1. The van der Waals surface area contributed by atoms with Crippen molar-refractivity contribution >= 4 is 16.9 Å². The first-order valence-electron chi connectivity index (χ1n) is 11.2. The van der Waals surface area contributed by atoms with Gasteiger partial charge in [-0.2, -0.15) is 10.1 Å². The number of carbonyl (C=O) groups is 1. The van der Waals surface area contributed by atoms with Crippen molar-refractivity contribution in [1.29, 1.82) is 0 Å². The molecule has 0 atom stereocenters. The first-order valence-corrected chi connectivity index (χ1v) is 11.2. The van der Waals surface area contributed by atoms with Gasteiger partial charge in [-0.25, -0.2) is 9.07 Å². The quantitative estimate of drug-likeness (QED) is 0.357. The summed E-state index contributed by atoms with van der Waals surface area (Å²) in [6.07, 6.45) is 0. The molecule has 0 bridgehead atoms. The van der Waals surface area contributed by atoms with Gasteiger partial charge in [0.05, 0.1) is 16.8 Å². The highest BCUT2D eigenvalue weighted by atomic mass is 19.1. The number of pyridine rings is 1. The van der Waals surface area contributed by atoms with E-state index in [1.807, 2.05) is 73.7 Å². The number of carbonyl (C=O) groups excluding carboxylic acids is 1. The van der Waals surface area contributed by atoms with Crippen molar-refractivity contribution in [2.45, 2.75) is 13.5 Å². The van der Waals surface area contributed by atoms with E-state index in [0.717, 1.165) is 27.9 Å². The van der Waals surface area contributed by atoms with Gasteiger partial charge in [0.1, 0.15) is 5.82 Å². The molecule has 0 aliphatic rings. The number of benzene rings is 3. The fraction of sp³-hybridized carbons (Fsp3) is 0.107. The topological polar surface area (TPSA) is 69.0 Å². The molecule has 6 nitrogen and oxygen atoms in total. The molecule has 2 heterocycles. The number of amides is 1. The largest absolute Gasteiger partial charge is 0.467 e. The lowest BCUT2D eigenvalue weighted by molar-refractivity contribution is -0.123. The second-order valence-electron chi connectivity index (χ2n) is 8.10. The van der Waals surface area contributed by atoms with Crippen molar-refractivity contribution in [2.24, 2.45) is 0 Å². The molecule has 0 aliphatic carbocycles. The van der Waals surface area contributed by atoms with Crippen molar-refractivity contribution in [3.05, 3.63) is 108 Å². The molecule has 2 aromatic heterocycles. The summed E-state index contributed by atoms with van der Waals surface area (Å²) >= 11 is 0. The van der Waals surface area contributed by atoms with Crippen molar-refractivity contribution in [3.63, 3.8) is 0 Å². The van der Waals surface area contributed by atoms with Crippen molar-refractivity contribution in [1.82, 2.24) is 20.1 Å². The van der Waals surface area contributed by atoms with Crippen LogP contribution in [0.15, 0.2) is 91.0 Å². The zero-order valence-electron chi connectivity index (χ0n) is 19.1. The van der Waals surface area contributed by atoms with Crippen LogP contribution in [0.1, 0.15) is 11.3 Å². The molecular formula is C28H23FN4O2. The fourth-order valence-corrected chi connectivity index (χ4v) is 3.97. The molecule has 0 aliphatic heterocycles. The van der Waals surface area contributed by atoms with Crippen LogP contribution in [-0.2, 0) is 11.3 Å². The van der Waals surface area contributed by atoms with Crippen molar-refractivity contribution < 1.29 is 13.9 Å². The molecular weight excluding hydrogens is 443 g/mol. The van der Waals surface area contributed by atoms with Crippen molar-refractivity contribution in [3.8, 4) is 22.7 Å². The molecule has 0 unspecified atom stereocenters. The lowest BCUT2D eigenvalue weighted by Gasteiger charge is -2.11. The van der Waals surface area contributed by atoms with Crippen LogP contribution in [0, 0.1) is 12.7 Å². The Morgan fingerprint density at radius 2 is 1.71 bits per heavy atom. The maximum absolute atomic E-state index is 13.4. The van der Waals surface area contributed by atoms with E-state index in [0.29, 0.717) is 17.1 Å². The summed E-state index contributed by atoms with van der Waals surface area (Å²) in [5.41, 5.74) is 4.95. The maximum atomic E-state index is 13.4. The highest BCUT2D eigenvalue weighted by Gasteiger charge is 2.18. The zero-order valence-corrected chi connectivity index (χ0v) is 19.1. The highest BCUT2D eigenvalue weighted by molar-refractivity contribution is 5.96. The normalized spacial score (nSPS) is 10.9. The predicted octanol–water partition coefficient (Wildman–Crippen LogP) is 5.23. The summed E-state index contributed by atoms with van der Waals surface area (Å²) in [4.78, 5) is 17.1. The van der Waals surface area contributed by atoms with Gasteiger partial charge < -0.3 is 10.1 Å². The molecule has 0 saturated heterocycles. The third kappa shape index (κ3) is 4.89. The van der Waals surface area contributed by atoms with Crippen molar-refractivity contribution in [2.75, 3.05) is 6.61 Å². The van der Waals surface area contributed by atoms with Gasteiger partial charge in [-0.15, -0.1) is 0 Å². The van der Waals surface area contributed by atoms with Gasteiger partial charge in [-0.3, -0.25) is 4.79 Å². The molecule has 35 heavy (non-hydrogen) atoms. The van der Waals surface area contributed by atoms with Gasteiger partial charge in [-0.1, -0.05) is 60.7 Å². The van der Waals surface area contributed by atoms with Crippen LogP contribution in [0.3, 0.4) is 0 Å². The number of halogens is 1. The van der Waals surface area contributed by atoms with E-state index >= 15 is 0 Å². The summed E-state index contributed by atoms with van der Waals surface area (Å²) in [6, 6.07) is 27.6. The van der Waals surface area contributed by atoms with Gasteiger partial charge in [-0.05, 0) is 47.9 Å². The van der Waals surface area contributed by atoms with E-state index in [1.54, 1.807) is 16.8 Å². The van der Waals surface area contributed by atoms with Crippen LogP contribution >= 0.6 is 0 Å². The molecule has 1 amide bonds. The van der Waals surface area contributed by atoms with Crippen LogP contribution in [0.2, 0.25) is 0 Å². The number of nitrogens with zero attached hydrogens (tertiary/aromatic N) is 3. The fourth-order valence-electron chi connectivity index (χ4n) is 3.97. The summed E-state index contributed by atoms with van der Waals surface area (Å²) < 4.78 is 21.0. The number of aromatic nitrogens is 3. The first-order chi connectivity index (χ1) is 17.1. The van der Waals surface area contributed by atoms with Crippen LogP contribution in [0.25, 0.3) is 27.8 Å². The molecule has 0 radical (unpaired) electrons. The van der Waals surface area contributed by atoms with E-state index in [2.05, 4.69) is 5.32 Å². The molecule has 5 rings (SSSR count). The number of para-hydroxylation sites is 1. The van der Waals surface area contributed by atoms with Crippen LogP contribution in [0.5, 0.6) is 5.88 Å². The molecule has 5 aromatic rings. The zero-order chi connectivity index (χ0) is 24.2. The molecule has 0 spiro atoms. The Bertz CT molecular complexity index is 1480. The summed E-state index contributed by atoms with van der Waals surface area (Å²) in [7, 11) is 0. The minimum Gasteiger partial charge on any atom is -0.467 e. The molecule has 7 heteroatoms. The van der Waals surface area contributed by atoms with Crippen LogP contribution in [-0.4, -0.2) is 27.3 Å². The Balaban J connectivity index is 1.45. The highest BCUT2D eigenvalue weighted by Crippen LogP contribution is 2.34. The first kappa shape index (κ1) is 22.3. The van der Waals surface area contributed by atoms with E-state index in [1.165, 1.54) is 12.1 Å². The molecule has 1 N–H and O–H groups in total. The third-order valence-electron chi connectivity index (χ3n) is 5.60. The Kier molecular flexibility index (Phi) is 6.22. The average Bonchev–Trinajstić information content (AvgIpc) is 3.23. The van der Waals surface area contributed by atoms with Gasteiger partial charge in [0, 0.05) is 12.6 Å². The van der Waals surface area contributed by atoms with Gasteiger partial charge in [0.2, 0.25) is 5.88 Å². The number of aryl methyl sites for hydroxylation is 1. The average molecular weight is 467 g/mol. The number of rotatable bonds is 7. The monoisotopic (exact) mass is 466 g/mol. The molecule has 0 saturated carbocycles. The number of hydrogen-bond donors (Lipinski definition) is 1. The Labute approximate surface area is 202 Å². The molecule has 174 valence electrons. The lowest BCUT2D eigenvalue weighted by Crippen LogP contribution is -2.28. The third-order valence-corrected chi connectivity index (χ3v) is 5.60. The maximum Gasteiger partial charge on any atom is 0.258 e. The lowest BCUT2D eigenvalue weighted by atomic mass is 10.0. The predicted molar refractivity (Wildman–Crippen MR) is 133 cm³/mol. The minimum atomic E-state index is -0.343. The van der Waals surface area contributed by atoms with E-state index in [4.69, 9.17) is 14.8 Å². The standard InChI is InChI=1S/C28H23FN4O2/c1-19-27-24(21-10-4-2-5-11-21)16-26(31-28(27)33(32-19)23-13-6-3-7-14-23)35-18-25(34)30-17-20-9-8-12-22(29)15-20/h2-16H,17-18H2,1H3,(H,30,34). The smallest absolute Gasteiger partial charge is 0.258 e. The Morgan fingerprint density at radius 3 is 2.46 bits per heavy atom. The number of nitrogens with one attached hydrogen (secondary N) is 1. The number of ether oxygens (including phenoxy) is 1. The number of hydrogen-bond acceptors (Lipinski definition) is 4. The van der Waals surface area contributed by atoms with Gasteiger partial charge in [0.15, 0.2) is 12.3 Å². The van der Waals surface area contributed by atoms with Gasteiger partial charge >= 0.3 is 0 Å². The summed E-state index contributed by atoms with van der Waals surface area (Å²) in [6.45, 7) is 1.94. The van der Waals surface area contributed by atoms with Crippen LogP contribution < -0.4 is 10.1 Å². The molecule has 0 fully saturated rings. The SMILES string of the molecule is Cc1nn(-c2ccccc2)c2nc(OCC(=O)NCc3cccc(F)c3)cc(-c3ccccc3)c12. The van der Waals surface area contributed by atoms with E-state index in [-0.39, 0.29) is 24.9 Å².